The number of alkyl carbamates (subject to hydrolysis) is 1. The average molecular weight is 490 g/mol. The predicted molar refractivity (Wildman–Crippen MR) is 128 cm³/mol. The molecule has 2 aliphatic rings. The minimum atomic E-state index is -0.729. The highest BCUT2D eigenvalue weighted by atomic mass is 19.1. The van der Waals surface area contributed by atoms with Gasteiger partial charge in [-0.25, -0.2) is 14.0 Å². The third-order valence-electron chi connectivity index (χ3n) is 6.10. The van der Waals surface area contributed by atoms with Crippen molar-refractivity contribution < 1.29 is 28.2 Å². The third kappa shape index (κ3) is 5.06. The minimum Gasteiger partial charge on any atom is -0.492 e. The Labute approximate surface area is 203 Å². The normalized spacial score (nSPS) is 18.0. The van der Waals surface area contributed by atoms with Crippen molar-refractivity contribution in [2.75, 3.05) is 31.7 Å². The van der Waals surface area contributed by atoms with E-state index in [0.717, 1.165) is 29.0 Å². The minimum absolute atomic E-state index is 0.122. The zero-order valence-corrected chi connectivity index (χ0v) is 20.8. The van der Waals surface area contributed by atoms with Crippen LogP contribution in [0.25, 0.3) is 5.52 Å². The highest BCUT2D eigenvalue weighted by molar-refractivity contribution is 5.91. The molecule has 1 aliphatic carbocycles. The number of nitrogens with one attached hydrogen (secondary N) is 1. The molecule has 2 aromatic rings. The summed E-state index contributed by atoms with van der Waals surface area (Å²) in [6.45, 7) is 7.99. The second kappa shape index (κ2) is 9.39. The van der Waals surface area contributed by atoms with Gasteiger partial charge < -0.3 is 24.4 Å². The molecule has 1 N–H and O–H groups in total. The number of carbonyl (C=O) groups is 2. The van der Waals surface area contributed by atoms with Crippen LogP contribution >= 0.6 is 0 Å². The van der Waals surface area contributed by atoms with Crippen LogP contribution < -0.4 is 20.5 Å². The van der Waals surface area contributed by atoms with E-state index in [-0.39, 0.29) is 35.6 Å². The summed E-state index contributed by atoms with van der Waals surface area (Å²) in [4.78, 5) is 39.6. The summed E-state index contributed by atoms with van der Waals surface area (Å²) in [5, 5.41) is 2.84. The van der Waals surface area contributed by atoms with Crippen molar-refractivity contribution >= 4 is 23.3 Å². The SMILES string of the molecule is CCOC(=O)c1cc(C2CC2)c2c(OC)c(N3CCC(NC(=O)OC(C)(C)C)C3)c(F)cn2c1=O. The fourth-order valence-electron chi connectivity index (χ4n) is 4.52. The van der Waals surface area contributed by atoms with E-state index >= 15 is 4.39 Å². The first-order valence-electron chi connectivity index (χ1n) is 11.9. The molecule has 1 amide bonds. The molecule has 0 aromatic carbocycles. The fraction of sp³-hybridized carbons (Fsp3) is 0.560. The van der Waals surface area contributed by atoms with Crippen molar-refractivity contribution in [1.82, 2.24) is 9.72 Å². The molecule has 0 spiro atoms. The second-order valence-corrected chi connectivity index (χ2v) is 9.97. The van der Waals surface area contributed by atoms with Crippen LogP contribution in [0.15, 0.2) is 17.1 Å². The first-order chi connectivity index (χ1) is 16.5. The van der Waals surface area contributed by atoms with Crippen molar-refractivity contribution in [3.05, 3.63) is 39.6 Å². The Morgan fingerprint density at radius 1 is 1.23 bits per heavy atom. The van der Waals surface area contributed by atoms with Crippen molar-refractivity contribution in [2.24, 2.45) is 0 Å². The van der Waals surface area contributed by atoms with Crippen LogP contribution in [-0.4, -0.2) is 54.9 Å². The van der Waals surface area contributed by atoms with Gasteiger partial charge in [0.1, 0.15) is 16.9 Å². The van der Waals surface area contributed by atoms with Crippen LogP contribution in [0.5, 0.6) is 5.75 Å². The van der Waals surface area contributed by atoms with Crippen LogP contribution in [-0.2, 0) is 9.47 Å². The van der Waals surface area contributed by atoms with Crippen LogP contribution in [0.4, 0.5) is 14.9 Å². The molecule has 0 radical (unpaired) electrons. The van der Waals surface area contributed by atoms with Crippen LogP contribution in [0.1, 0.15) is 68.8 Å². The highest BCUT2D eigenvalue weighted by Gasteiger charge is 2.34. The van der Waals surface area contributed by atoms with Gasteiger partial charge in [-0.2, -0.15) is 0 Å². The zero-order chi connectivity index (χ0) is 25.5. The molecule has 1 unspecified atom stereocenters. The second-order valence-electron chi connectivity index (χ2n) is 9.97. The van der Waals surface area contributed by atoms with Crippen LogP contribution in [0, 0.1) is 5.82 Å². The average Bonchev–Trinajstić information content (AvgIpc) is 3.51. The number of aromatic nitrogens is 1. The molecule has 2 fully saturated rings. The molecular formula is C25H32FN3O6. The summed E-state index contributed by atoms with van der Waals surface area (Å²) in [6.07, 6.45) is 2.98. The van der Waals surface area contributed by atoms with Gasteiger partial charge in [0, 0.05) is 13.1 Å². The molecule has 1 atom stereocenters. The molecule has 0 bridgehead atoms. The Kier molecular flexibility index (Phi) is 6.66. The van der Waals surface area contributed by atoms with Gasteiger partial charge in [-0.15, -0.1) is 0 Å². The summed E-state index contributed by atoms with van der Waals surface area (Å²) in [7, 11) is 1.44. The number of halogens is 1. The number of hydrogen-bond donors (Lipinski definition) is 1. The topological polar surface area (TPSA) is 98.6 Å². The van der Waals surface area contributed by atoms with Crippen molar-refractivity contribution in [1.29, 1.82) is 0 Å². The van der Waals surface area contributed by atoms with Gasteiger partial charge in [0.2, 0.25) is 0 Å². The molecule has 9 nitrogen and oxygen atoms in total. The van der Waals surface area contributed by atoms with Crippen molar-refractivity contribution in [3.63, 3.8) is 0 Å². The highest BCUT2D eigenvalue weighted by Crippen LogP contribution is 2.46. The summed E-state index contributed by atoms with van der Waals surface area (Å²) in [5.74, 6) is -1.01. The number of hydrogen-bond acceptors (Lipinski definition) is 7. The molecule has 2 aromatic heterocycles. The van der Waals surface area contributed by atoms with Gasteiger partial charge in [-0.1, -0.05) is 0 Å². The Hall–Kier alpha value is -3.30. The van der Waals surface area contributed by atoms with E-state index in [2.05, 4.69) is 5.32 Å². The van der Waals surface area contributed by atoms with E-state index in [0.29, 0.717) is 25.0 Å². The summed E-state index contributed by atoms with van der Waals surface area (Å²) >= 11 is 0. The van der Waals surface area contributed by atoms with E-state index in [1.807, 2.05) is 0 Å². The number of anilines is 1. The molecule has 10 heteroatoms. The smallest absolute Gasteiger partial charge is 0.407 e. The Morgan fingerprint density at radius 3 is 2.54 bits per heavy atom. The van der Waals surface area contributed by atoms with E-state index in [1.54, 1.807) is 38.7 Å². The molecular weight excluding hydrogens is 457 g/mol. The lowest BCUT2D eigenvalue weighted by molar-refractivity contribution is 0.0503. The van der Waals surface area contributed by atoms with Crippen LogP contribution in [0.3, 0.4) is 0 Å². The summed E-state index contributed by atoms with van der Waals surface area (Å²) in [6, 6.07) is 1.33. The predicted octanol–water partition coefficient (Wildman–Crippen LogP) is 3.60. The first kappa shape index (κ1) is 24.8. The van der Waals surface area contributed by atoms with Gasteiger partial charge in [0.05, 0.1) is 31.5 Å². The van der Waals surface area contributed by atoms with E-state index in [4.69, 9.17) is 14.2 Å². The lowest BCUT2D eigenvalue weighted by Gasteiger charge is -2.25. The number of amides is 1. The Morgan fingerprint density at radius 2 is 1.94 bits per heavy atom. The number of esters is 1. The third-order valence-corrected chi connectivity index (χ3v) is 6.10. The number of pyridine rings is 2. The summed E-state index contributed by atoms with van der Waals surface area (Å²) < 4.78 is 32.8. The molecule has 3 heterocycles. The molecule has 190 valence electrons. The van der Waals surface area contributed by atoms with Gasteiger partial charge >= 0.3 is 12.1 Å². The number of methoxy groups -OCH3 is 1. The number of carbonyl (C=O) groups excluding carboxylic acids is 2. The first-order valence-corrected chi connectivity index (χ1v) is 11.9. The maximum absolute atomic E-state index is 15.5. The van der Waals surface area contributed by atoms with E-state index in [1.165, 1.54) is 7.11 Å². The Bertz CT molecular complexity index is 1210. The lowest BCUT2D eigenvalue weighted by Crippen LogP contribution is -2.40. The number of nitrogens with zero attached hydrogens (tertiary/aromatic N) is 2. The number of rotatable bonds is 6. The molecule has 1 aliphatic heterocycles. The number of ether oxygens (including phenoxy) is 3. The van der Waals surface area contributed by atoms with E-state index < -0.39 is 29.0 Å². The largest absolute Gasteiger partial charge is 0.492 e. The quantitative estimate of drug-likeness (QED) is 0.619. The van der Waals surface area contributed by atoms with E-state index in [9.17, 15) is 14.4 Å². The molecule has 35 heavy (non-hydrogen) atoms. The maximum atomic E-state index is 15.5. The standard InChI is InChI=1S/C25H32FN3O6/c1-6-34-23(31)17-11-16(14-7-8-14)19-21(33-5)20(18(26)13-29(19)22(17)30)28-10-9-15(12-28)27-24(32)35-25(2,3)4/h11,13-15H,6-10,12H2,1-5H3,(H,27,32). The van der Waals surface area contributed by atoms with Gasteiger partial charge in [0.15, 0.2) is 11.6 Å². The molecule has 1 saturated heterocycles. The molecule has 4 rings (SSSR count). The Balaban J connectivity index is 1.74. The van der Waals surface area contributed by atoms with Crippen molar-refractivity contribution in [3.8, 4) is 5.75 Å². The maximum Gasteiger partial charge on any atom is 0.407 e. The van der Waals surface area contributed by atoms with Gasteiger partial charge in [-0.3, -0.25) is 9.20 Å². The lowest BCUT2D eigenvalue weighted by atomic mass is 10.0. The summed E-state index contributed by atoms with van der Waals surface area (Å²) in [5.41, 5.74) is 0.0403. The van der Waals surface area contributed by atoms with Crippen LogP contribution in [0.2, 0.25) is 0 Å². The van der Waals surface area contributed by atoms with Gasteiger partial charge in [-0.05, 0) is 64.5 Å². The van der Waals surface area contributed by atoms with Crippen molar-refractivity contribution in [2.45, 2.75) is 64.5 Å². The monoisotopic (exact) mass is 489 g/mol. The number of fused-ring (bicyclic) bond motifs is 1. The van der Waals surface area contributed by atoms with Gasteiger partial charge in [0.25, 0.3) is 5.56 Å². The zero-order valence-electron chi connectivity index (χ0n) is 20.8. The molecule has 1 saturated carbocycles. The fourth-order valence-corrected chi connectivity index (χ4v) is 4.52.